The second-order valence-electron chi connectivity index (χ2n) is 7.89. The number of piperidine rings is 1. The van der Waals surface area contributed by atoms with E-state index in [0.29, 0.717) is 25.1 Å². The quantitative estimate of drug-likeness (QED) is 0.625. The summed E-state index contributed by atoms with van der Waals surface area (Å²) in [4.78, 5) is 8.71. The highest BCUT2D eigenvalue weighted by Gasteiger charge is 2.33. The molecule has 0 spiro atoms. The normalized spacial score (nSPS) is 17.9. The third kappa shape index (κ3) is 4.29. The lowest BCUT2D eigenvalue weighted by atomic mass is 9.93. The molecule has 1 aromatic carbocycles. The average Bonchev–Trinajstić information content (AvgIpc) is 3.17. The highest BCUT2D eigenvalue weighted by Crippen LogP contribution is 2.30. The van der Waals surface area contributed by atoms with Crippen molar-refractivity contribution in [2.75, 3.05) is 13.1 Å². The number of rotatable bonds is 5. The van der Waals surface area contributed by atoms with E-state index in [0.717, 1.165) is 29.8 Å². The molecule has 0 amide bonds. The minimum atomic E-state index is -3.63. The maximum atomic E-state index is 14.1. The van der Waals surface area contributed by atoms with E-state index in [1.807, 2.05) is 25.1 Å². The third-order valence-corrected chi connectivity index (χ3v) is 7.22. The molecular formula is C22H25FN4O2S. The van der Waals surface area contributed by atoms with Gasteiger partial charge in [-0.05, 0) is 49.1 Å². The Morgan fingerprint density at radius 2 is 2.03 bits per heavy atom. The summed E-state index contributed by atoms with van der Waals surface area (Å²) in [5.74, 6) is -0.227. The van der Waals surface area contributed by atoms with E-state index in [4.69, 9.17) is 0 Å². The van der Waals surface area contributed by atoms with Crippen LogP contribution in [0.15, 0.2) is 53.9 Å². The Balaban J connectivity index is 1.58. The van der Waals surface area contributed by atoms with Crippen LogP contribution in [0.5, 0.6) is 0 Å². The van der Waals surface area contributed by atoms with Gasteiger partial charge in [0.05, 0.1) is 6.33 Å². The maximum absolute atomic E-state index is 14.1. The Hall–Kier alpha value is -2.58. The van der Waals surface area contributed by atoms with Gasteiger partial charge in [-0.25, -0.2) is 17.8 Å². The first kappa shape index (κ1) is 20.7. The summed E-state index contributed by atoms with van der Waals surface area (Å²) in [6.45, 7) is 2.76. The highest BCUT2D eigenvalue weighted by molar-refractivity contribution is 7.89. The van der Waals surface area contributed by atoms with Crippen LogP contribution in [0.25, 0.3) is 0 Å². The van der Waals surface area contributed by atoms with E-state index >= 15 is 0 Å². The van der Waals surface area contributed by atoms with Gasteiger partial charge in [0.2, 0.25) is 0 Å². The highest BCUT2D eigenvalue weighted by atomic mass is 32.2. The predicted molar refractivity (Wildman–Crippen MR) is 112 cm³/mol. The molecule has 0 aliphatic carbocycles. The van der Waals surface area contributed by atoms with Crippen LogP contribution >= 0.6 is 0 Å². The van der Waals surface area contributed by atoms with Gasteiger partial charge >= 0.3 is 0 Å². The molecule has 0 unspecified atom stereocenters. The van der Waals surface area contributed by atoms with Crippen molar-refractivity contribution in [2.45, 2.75) is 37.1 Å². The third-order valence-electron chi connectivity index (χ3n) is 5.47. The molecule has 0 radical (unpaired) electrons. The Labute approximate surface area is 176 Å². The van der Waals surface area contributed by atoms with Gasteiger partial charge in [-0.3, -0.25) is 4.98 Å². The number of nitrogens with zero attached hydrogens (tertiary/aromatic N) is 4. The van der Waals surface area contributed by atoms with Crippen molar-refractivity contribution in [1.82, 2.24) is 18.8 Å². The van der Waals surface area contributed by atoms with Gasteiger partial charge < -0.3 is 4.57 Å². The first-order valence-corrected chi connectivity index (χ1v) is 11.5. The smallest absolute Gasteiger partial charge is 0.262 e. The van der Waals surface area contributed by atoms with Crippen LogP contribution in [-0.4, -0.2) is 40.3 Å². The zero-order valence-electron chi connectivity index (χ0n) is 17.1. The number of aryl methyl sites for hydroxylation is 2. The van der Waals surface area contributed by atoms with Gasteiger partial charge in [0.1, 0.15) is 5.82 Å². The molecule has 30 heavy (non-hydrogen) atoms. The van der Waals surface area contributed by atoms with E-state index in [9.17, 15) is 12.8 Å². The summed E-state index contributed by atoms with van der Waals surface area (Å²) in [7, 11) is -1.88. The predicted octanol–water partition coefficient (Wildman–Crippen LogP) is 3.42. The molecule has 1 fully saturated rings. The molecule has 1 saturated heterocycles. The van der Waals surface area contributed by atoms with Crippen molar-refractivity contribution >= 4 is 10.0 Å². The van der Waals surface area contributed by atoms with Crippen LogP contribution in [0.2, 0.25) is 0 Å². The topological polar surface area (TPSA) is 68.1 Å². The molecule has 1 aliphatic rings. The number of sulfonamides is 1. The van der Waals surface area contributed by atoms with Gasteiger partial charge in [-0.1, -0.05) is 18.2 Å². The van der Waals surface area contributed by atoms with E-state index in [1.165, 1.54) is 22.9 Å². The lowest BCUT2D eigenvalue weighted by molar-refractivity contribution is 0.311. The molecule has 4 rings (SSSR count). The van der Waals surface area contributed by atoms with Crippen molar-refractivity contribution < 1.29 is 12.8 Å². The van der Waals surface area contributed by atoms with E-state index in [2.05, 4.69) is 9.97 Å². The molecule has 158 valence electrons. The second-order valence-corrected chi connectivity index (χ2v) is 9.77. The second kappa shape index (κ2) is 8.28. The number of halogens is 1. The fourth-order valence-corrected chi connectivity index (χ4v) is 5.49. The van der Waals surface area contributed by atoms with E-state index in [1.54, 1.807) is 23.7 Å². The average molecular weight is 429 g/mol. The molecule has 8 heteroatoms. The molecule has 3 heterocycles. The van der Waals surface area contributed by atoms with Crippen LogP contribution in [0.1, 0.15) is 41.3 Å². The number of pyridine rings is 1. The monoisotopic (exact) mass is 428 g/mol. The van der Waals surface area contributed by atoms with Crippen LogP contribution in [0, 0.1) is 12.7 Å². The van der Waals surface area contributed by atoms with Crippen molar-refractivity contribution in [3.8, 4) is 0 Å². The first-order valence-electron chi connectivity index (χ1n) is 10.0. The Morgan fingerprint density at radius 3 is 2.77 bits per heavy atom. The van der Waals surface area contributed by atoms with Crippen molar-refractivity contribution in [3.63, 3.8) is 0 Å². The Bertz CT molecular complexity index is 1160. The fourth-order valence-electron chi connectivity index (χ4n) is 4.00. The molecule has 1 atom stereocenters. The fraction of sp³-hybridized carbons (Fsp3) is 0.364. The van der Waals surface area contributed by atoms with Crippen LogP contribution < -0.4 is 0 Å². The summed E-state index contributed by atoms with van der Waals surface area (Å²) in [5, 5.41) is 0.0723. The number of hydrogen-bond donors (Lipinski definition) is 0. The number of imidazole rings is 1. The summed E-state index contributed by atoms with van der Waals surface area (Å²) < 4.78 is 43.2. The van der Waals surface area contributed by atoms with Crippen molar-refractivity contribution in [3.05, 3.63) is 77.3 Å². The van der Waals surface area contributed by atoms with Gasteiger partial charge in [0.25, 0.3) is 10.0 Å². The standard InChI is InChI=1S/C22H25FN4O2S/c1-16-10-17(11-18-6-3-4-8-20(18)23)12-21(25-16)19-7-5-9-27(13-19)30(28,29)22-14-26(2)15-24-22/h3-4,6,8,10,12,14-15,19H,5,7,9,11,13H2,1-2H3/t19-/m1/s1. The van der Waals surface area contributed by atoms with Crippen LogP contribution in [0.3, 0.4) is 0 Å². The minimum absolute atomic E-state index is 0.00323. The molecular weight excluding hydrogens is 403 g/mol. The van der Waals surface area contributed by atoms with Crippen LogP contribution in [-0.2, 0) is 23.5 Å². The molecule has 0 saturated carbocycles. The molecule has 0 bridgehead atoms. The lowest BCUT2D eigenvalue weighted by Gasteiger charge is -2.31. The van der Waals surface area contributed by atoms with Crippen molar-refractivity contribution in [1.29, 1.82) is 0 Å². The minimum Gasteiger partial charge on any atom is -0.339 e. The zero-order valence-corrected chi connectivity index (χ0v) is 17.9. The zero-order chi connectivity index (χ0) is 21.3. The summed E-state index contributed by atoms with van der Waals surface area (Å²) in [5.41, 5.74) is 3.33. The SMILES string of the molecule is Cc1cc(Cc2ccccc2F)cc([C@@H]2CCCN(S(=O)(=O)c3cn(C)cn3)C2)n1. The number of hydrogen-bond acceptors (Lipinski definition) is 4. The van der Waals surface area contributed by atoms with Crippen molar-refractivity contribution in [2.24, 2.45) is 7.05 Å². The van der Waals surface area contributed by atoms with Gasteiger partial charge in [0.15, 0.2) is 5.03 Å². The molecule has 6 nitrogen and oxygen atoms in total. The number of aromatic nitrogens is 3. The summed E-state index contributed by atoms with van der Waals surface area (Å²) in [6.07, 6.45) is 5.12. The van der Waals surface area contributed by atoms with Crippen LogP contribution in [0.4, 0.5) is 4.39 Å². The molecule has 2 aromatic heterocycles. The van der Waals surface area contributed by atoms with Gasteiger partial charge in [-0.2, -0.15) is 4.31 Å². The summed E-state index contributed by atoms with van der Waals surface area (Å²) >= 11 is 0. The van der Waals surface area contributed by atoms with E-state index in [-0.39, 0.29) is 16.8 Å². The Morgan fingerprint density at radius 1 is 1.23 bits per heavy atom. The largest absolute Gasteiger partial charge is 0.339 e. The molecule has 3 aromatic rings. The Kier molecular flexibility index (Phi) is 5.71. The van der Waals surface area contributed by atoms with Gasteiger partial charge in [-0.15, -0.1) is 0 Å². The molecule has 1 aliphatic heterocycles. The molecule has 0 N–H and O–H groups in total. The van der Waals surface area contributed by atoms with Gasteiger partial charge in [0, 0.05) is 50.1 Å². The first-order chi connectivity index (χ1) is 14.3. The van der Waals surface area contributed by atoms with E-state index < -0.39 is 10.0 Å². The summed E-state index contributed by atoms with van der Waals surface area (Å²) in [6, 6.07) is 10.7. The lowest BCUT2D eigenvalue weighted by Crippen LogP contribution is -2.39. The number of benzene rings is 1. The maximum Gasteiger partial charge on any atom is 0.262 e.